The Morgan fingerprint density at radius 1 is 1.60 bits per heavy atom. The van der Waals surface area contributed by atoms with Gasteiger partial charge in [0.05, 0.1) is 6.42 Å². The Hall–Kier alpha value is -1.59. The van der Waals surface area contributed by atoms with Crippen LogP contribution in [0.4, 0.5) is 0 Å². The number of nitrogens with zero attached hydrogens (tertiary/aromatic N) is 1. The number of amides is 2. The van der Waals surface area contributed by atoms with Crippen LogP contribution in [0.2, 0.25) is 0 Å². The lowest BCUT2D eigenvalue weighted by atomic mass is 10.2. The van der Waals surface area contributed by atoms with Gasteiger partial charge in [-0.25, -0.2) is 0 Å². The Bertz CT molecular complexity index is 290. The minimum atomic E-state index is -0.973. The molecule has 1 fully saturated rings. The van der Waals surface area contributed by atoms with Gasteiger partial charge < -0.3 is 15.3 Å². The fourth-order valence-corrected chi connectivity index (χ4v) is 1.48. The second-order valence-corrected chi connectivity index (χ2v) is 3.45. The summed E-state index contributed by atoms with van der Waals surface area (Å²) in [5, 5.41) is 11.1. The Balaban J connectivity index is 2.66. The van der Waals surface area contributed by atoms with Crippen molar-refractivity contribution in [3.8, 4) is 0 Å². The van der Waals surface area contributed by atoms with E-state index < -0.39 is 12.0 Å². The maximum atomic E-state index is 11.5. The molecule has 1 aliphatic rings. The van der Waals surface area contributed by atoms with E-state index in [1.54, 1.807) is 6.92 Å². The highest BCUT2D eigenvalue weighted by Gasteiger charge is 2.28. The first-order chi connectivity index (χ1) is 7.02. The molecule has 6 heteroatoms. The minimum absolute atomic E-state index is 0.0861. The van der Waals surface area contributed by atoms with Gasteiger partial charge in [-0.15, -0.1) is 0 Å². The van der Waals surface area contributed by atoms with Crippen molar-refractivity contribution in [1.82, 2.24) is 10.2 Å². The molecule has 1 rings (SSSR count). The first-order valence-electron chi connectivity index (χ1n) is 4.81. The van der Waals surface area contributed by atoms with Gasteiger partial charge in [0.2, 0.25) is 11.8 Å². The summed E-state index contributed by atoms with van der Waals surface area (Å²) in [5.74, 6) is -1.38. The molecule has 1 unspecified atom stereocenters. The molecule has 0 aromatic carbocycles. The highest BCUT2D eigenvalue weighted by Crippen LogP contribution is 2.07. The molecule has 2 amide bonds. The summed E-state index contributed by atoms with van der Waals surface area (Å²) in [5.41, 5.74) is 0. The highest BCUT2D eigenvalue weighted by atomic mass is 16.4. The zero-order valence-electron chi connectivity index (χ0n) is 8.52. The van der Waals surface area contributed by atoms with Crippen LogP contribution in [0.25, 0.3) is 0 Å². The zero-order valence-corrected chi connectivity index (χ0v) is 8.52. The van der Waals surface area contributed by atoms with Gasteiger partial charge in [-0.2, -0.15) is 0 Å². The van der Waals surface area contributed by atoms with Crippen molar-refractivity contribution in [2.45, 2.75) is 25.8 Å². The van der Waals surface area contributed by atoms with Gasteiger partial charge in [0.25, 0.3) is 0 Å². The van der Waals surface area contributed by atoms with Crippen molar-refractivity contribution in [1.29, 1.82) is 0 Å². The second-order valence-electron chi connectivity index (χ2n) is 3.45. The molecule has 1 aliphatic heterocycles. The van der Waals surface area contributed by atoms with Crippen LogP contribution in [-0.2, 0) is 14.4 Å². The Morgan fingerprint density at radius 2 is 2.27 bits per heavy atom. The van der Waals surface area contributed by atoms with Gasteiger partial charge in [0.1, 0.15) is 6.04 Å². The molecule has 1 saturated heterocycles. The maximum Gasteiger partial charge on any atom is 0.305 e. The van der Waals surface area contributed by atoms with Crippen LogP contribution >= 0.6 is 0 Å². The van der Waals surface area contributed by atoms with Crippen molar-refractivity contribution in [2.75, 3.05) is 13.1 Å². The lowest BCUT2D eigenvalue weighted by Crippen LogP contribution is -2.44. The van der Waals surface area contributed by atoms with Crippen molar-refractivity contribution < 1.29 is 19.5 Å². The second kappa shape index (κ2) is 4.77. The summed E-state index contributed by atoms with van der Waals surface area (Å²) >= 11 is 0. The summed E-state index contributed by atoms with van der Waals surface area (Å²) in [6.07, 6.45) is 0.0963. The first kappa shape index (κ1) is 11.5. The van der Waals surface area contributed by atoms with Crippen molar-refractivity contribution in [3.63, 3.8) is 0 Å². The van der Waals surface area contributed by atoms with Crippen LogP contribution < -0.4 is 5.32 Å². The summed E-state index contributed by atoms with van der Waals surface area (Å²) < 4.78 is 0. The summed E-state index contributed by atoms with van der Waals surface area (Å²) in [4.78, 5) is 34.6. The molecule has 0 bridgehead atoms. The highest BCUT2D eigenvalue weighted by molar-refractivity contribution is 5.89. The van der Waals surface area contributed by atoms with Crippen LogP contribution in [0.15, 0.2) is 0 Å². The Labute approximate surface area is 87.2 Å². The fourth-order valence-electron chi connectivity index (χ4n) is 1.48. The average Bonchev–Trinajstić information content (AvgIpc) is 2.26. The largest absolute Gasteiger partial charge is 0.481 e. The molecule has 6 nitrogen and oxygen atoms in total. The lowest BCUT2D eigenvalue weighted by molar-refractivity contribution is -0.141. The molecule has 0 aromatic heterocycles. The lowest BCUT2D eigenvalue weighted by Gasteiger charge is -2.24. The van der Waals surface area contributed by atoms with Crippen molar-refractivity contribution in [2.24, 2.45) is 0 Å². The SMILES string of the molecule is CC1C(=O)NCCC(=O)N1CCC(=O)O. The molecule has 1 heterocycles. The van der Waals surface area contributed by atoms with Crippen LogP contribution in [0.1, 0.15) is 19.8 Å². The number of hydrogen-bond acceptors (Lipinski definition) is 3. The quantitative estimate of drug-likeness (QED) is 0.643. The first-order valence-corrected chi connectivity index (χ1v) is 4.81. The van der Waals surface area contributed by atoms with E-state index in [0.717, 1.165) is 0 Å². The molecule has 0 aromatic rings. The van der Waals surface area contributed by atoms with Crippen LogP contribution in [-0.4, -0.2) is 46.9 Å². The molecular weight excluding hydrogens is 200 g/mol. The number of carboxylic acids is 1. The normalized spacial score (nSPS) is 22.2. The fraction of sp³-hybridized carbons (Fsp3) is 0.667. The van der Waals surface area contributed by atoms with E-state index >= 15 is 0 Å². The van der Waals surface area contributed by atoms with Crippen LogP contribution in [0, 0.1) is 0 Å². The van der Waals surface area contributed by atoms with Crippen LogP contribution in [0.3, 0.4) is 0 Å². The molecule has 1 atom stereocenters. The summed E-state index contributed by atoms with van der Waals surface area (Å²) in [6.45, 7) is 2.01. The van der Waals surface area contributed by atoms with Gasteiger partial charge in [0.15, 0.2) is 0 Å². The van der Waals surface area contributed by atoms with Gasteiger partial charge in [-0.1, -0.05) is 0 Å². The van der Waals surface area contributed by atoms with E-state index in [1.165, 1.54) is 4.90 Å². The third kappa shape index (κ3) is 2.93. The van der Waals surface area contributed by atoms with E-state index in [-0.39, 0.29) is 31.2 Å². The van der Waals surface area contributed by atoms with E-state index in [4.69, 9.17) is 5.11 Å². The van der Waals surface area contributed by atoms with Crippen LogP contribution in [0.5, 0.6) is 0 Å². The summed E-state index contributed by atoms with van der Waals surface area (Å²) in [6, 6.07) is -0.584. The third-order valence-corrected chi connectivity index (χ3v) is 2.37. The number of nitrogens with one attached hydrogen (secondary N) is 1. The Kier molecular flexibility index (Phi) is 3.65. The number of hydrogen-bond donors (Lipinski definition) is 2. The van der Waals surface area contributed by atoms with Gasteiger partial charge in [-0.05, 0) is 6.92 Å². The average molecular weight is 214 g/mol. The number of carboxylic acid groups (broad SMARTS) is 1. The number of aliphatic carboxylic acids is 1. The van der Waals surface area contributed by atoms with Crippen molar-refractivity contribution >= 4 is 17.8 Å². The molecule has 15 heavy (non-hydrogen) atoms. The zero-order chi connectivity index (χ0) is 11.4. The van der Waals surface area contributed by atoms with E-state index in [9.17, 15) is 14.4 Å². The Morgan fingerprint density at radius 3 is 2.87 bits per heavy atom. The van der Waals surface area contributed by atoms with E-state index in [1.807, 2.05) is 0 Å². The monoisotopic (exact) mass is 214 g/mol. The molecule has 84 valence electrons. The predicted molar refractivity (Wildman–Crippen MR) is 51.1 cm³/mol. The maximum absolute atomic E-state index is 11.5. The van der Waals surface area contributed by atoms with Gasteiger partial charge in [0, 0.05) is 19.5 Å². The third-order valence-electron chi connectivity index (χ3n) is 2.37. The van der Waals surface area contributed by atoms with E-state index in [2.05, 4.69) is 5.32 Å². The molecule has 2 N–H and O–H groups in total. The molecule has 0 aliphatic carbocycles. The van der Waals surface area contributed by atoms with Crippen molar-refractivity contribution in [3.05, 3.63) is 0 Å². The number of carbonyl (C=O) groups excluding carboxylic acids is 2. The molecule has 0 saturated carbocycles. The smallest absolute Gasteiger partial charge is 0.305 e. The minimum Gasteiger partial charge on any atom is -0.481 e. The number of rotatable bonds is 3. The summed E-state index contributed by atoms with van der Waals surface area (Å²) in [7, 11) is 0. The number of carbonyl (C=O) groups is 3. The standard InChI is InChI=1S/C9H14N2O4/c1-6-9(15)10-4-2-7(12)11(6)5-3-8(13)14/h6H,2-5H2,1H3,(H,10,15)(H,13,14). The topological polar surface area (TPSA) is 86.7 Å². The molecule has 0 radical (unpaired) electrons. The molecular formula is C9H14N2O4. The predicted octanol–water partition coefficient (Wildman–Crippen LogP) is -0.802. The molecule has 0 spiro atoms. The van der Waals surface area contributed by atoms with E-state index in [0.29, 0.717) is 6.54 Å². The van der Waals surface area contributed by atoms with Gasteiger partial charge >= 0.3 is 5.97 Å². The van der Waals surface area contributed by atoms with Gasteiger partial charge in [-0.3, -0.25) is 14.4 Å².